The number of hydrogen-bond donors (Lipinski definition) is 1. The lowest BCUT2D eigenvalue weighted by atomic mass is 9.89. The van der Waals surface area contributed by atoms with Crippen molar-refractivity contribution >= 4 is 24.2 Å². The number of likely N-dealkylation sites (tertiary alicyclic amines) is 1. The summed E-state index contributed by atoms with van der Waals surface area (Å²) < 4.78 is 0. The number of rotatable bonds is 5. The molecule has 142 valence electrons. The van der Waals surface area contributed by atoms with E-state index < -0.39 is 0 Å². The highest BCUT2D eigenvalue weighted by atomic mass is 35.5. The standard InChI is InChI=1S/C21H23N3O2.ClH/c22-12-16-13-23(14-19(16)15-6-2-1-3-7-15)10-11-24-20(25)17-8-4-5-9-18(17)21(24)26;/h1-9,16,19H,10-14,22H2;1H/t16-,19+;/m1./s1. The van der Waals surface area contributed by atoms with Crippen LogP contribution in [0.3, 0.4) is 0 Å². The Hall–Kier alpha value is -2.21. The lowest BCUT2D eigenvalue weighted by Crippen LogP contribution is -2.37. The van der Waals surface area contributed by atoms with Gasteiger partial charge in [-0.3, -0.25) is 14.5 Å². The van der Waals surface area contributed by atoms with E-state index in [1.165, 1.54) is 10.5 Å². The molecule has 27 heavy (non-hydrogen) atoms. The lowest BCUT2D eigenvalue weighted by Gasteiger charge is -2.20. The Morgan fingerprint density at radius 3 is 2.04 bits per heavy atom. The zero-order valence-electron chi connectivity index (χ0n) is 15.1. The number of halogens is 1. The van der Waals surface area contributed by atoms with Gasteiger partial charge in [0.2, 0.25) is 0 Å². The Morgan fingerprint density at radius 1 is 0.852 bits per heavy atom. The molecular formula is C21H24ClN3O2. The number of hydrogen-bond acceptors (Lipinski definition) is 4. The molecule has 0 unspecified atom stereocenters. The molecule has 0 bridgehead atoms. The molecule has 0 saturated carbocycles. The second-order valence-corrected chi connectivity index (χ2v) is 7.08. The monoisotopic (exact) mass is 385 g/mol. The number of carbonyl (C=O) groups is 2. The molecule has 2 amide bonds. The fraction of sp³-hybridized carbons (Fsp3) is 0.333. The first-order valence-corrected chi connectivity index (χ1v) is 9.11. The number of nitrogens with zero attached hydrogens (tertiary/aromatic N) is 2. The largest absolute Gasteiger partial charge is 0.330 e. The van der Waals surface area contributed by atoms with Crippen LogP contribution >= 0.6 is 12.4 Å². The maximum absolute atomic E-state index is 12.5. The highest BCUT2D eigenvalue weighted by molar-refractivity contribution is 6.21. The van der Waals surface area contributed by atoms with Gasteiger partial charge in [-0.25, -0.2) is 0 Å². The van der Waals surface area contributed by atoms with Crippen LogP contribution in [0.15, 0.2) is 54.6 Å². The molecule has 2 aromatic carbocycles. The van der Waals surface area contributed by atoms with Gasteiger partial charge in [-0.05, 0) is 30.2 Å². The van der Waals surface area contributed by atoms with Crippen molar-refractivity contribution in [2.75, 3.05) is 32.7 Å². The summed E-state index contributed by atoms with van der Waals surface area (Å²) in [5, 5.41) is 0. The van der Waals surface area contributed by atoms with Crippen LogP contribution in [-0.2, 0) is 0 Å². The van der Waals surface area contributed by atoms with Crippen molar-refractivity contribution in [2.45, 2.75) is 5.92 Å². The van der Waals surface area contributed by atoms with Gasteiger partial charge >= 0.3 is 0 Å². The number of nitrogens with two attached hydrogens (primary N) is 1. The molecule has 1 saturated heterocycles. The molecule has 0 spiro atoms. The van der Waals surface area contributed by atoms with Gasteiger partial charge in [0, 0.05) is 32.1 Å². The van der Waals surface area contributed by atoms with E-state index in [4.69, 9.17) is 5.73 Å². The molecule has 2 aliphatic heterocycles. The molecule has 0 radical (unpaired) electrons. The Kier molecular flexibility index (Phi) is 5.95. The van der Waals surface area contributed by atoms with E-state index >= 15 is 0 Å². The first-order valence-electron chi connectivity index (χ1n) is 9.11. The van der Waals surface area contributed by atoms with E-state index in [-0.39, 0.29) is 24.2 Å². The SMILES string of the molecule is Cl.NC[C@@H]1CN(CCN2C(=O)c3ccccc3C2=O)C[C@H]1c1ccccc1. The van der Waals surface area contributed by atoms with Gasteiger partial charge in [-0.2, -0.15) is 0 Å². The predicted molar refractivity (Wildman–Crippen MR) is 107 cm³/mol. The summed E-state index contributed by atoms with van der Waals surface area (Å²) in [6.45, 7) is 3.56. The lowest BCUT2D eigenvalue weighted by molar-refractivity contribution is 0.0640. The molecule has 2 aromatic rings. The Morgan fingerprint density at radius 2 is 1.44 bits per heavy atom. The van der Waals surface area contributed by atoms with Crippen LogP contribution < -0.4 is 5.73 Å². The minimum Gasteiger partial charge on any atom is -0.330 e. The summed E-state index contributed by atoms with van der Waals surface area (Å²) in [6, 6.07) is 17.5. The van der Waals surface area contributed by atoms with Crippen molar-refractivity contribution in [1.29, 1.82) is 0 Å². The molecule has 2 aliphatic rings. The quantitative estimate of drug-likeness (QED) is 0.802. The molecule has 5 nitrogen and oxygen atoms in total. The summed E-state index contributed by atoms with van der Waals surface area (Å²) in [4.78, 5) is 28.7. The number of fused-ring (bicyclic) bond motifs is 1. The highest BCUT2D eigenvalue weighted by Crippen LogP contribution is 2.32. The van der Waals surface area contributed by atoms with Crippen molar-refractivity contribution in [3.63, 3.8) is 0 Å². The highest BCUT2D eigenvalue weighted by Gasteiger charge is 2.37. The molecule has 2 N–H and O–H groups in total. The Bertz CT molecular complexity index is 792. The van der Waals surface area contributed by atoms with Gasteiger partial charge in [-0.1, -0.05) is 42.5 Å². The average molecular weight is 386 g/mol. The van der Waals surface area contributed by atoms with E-state index in [1.54, 1.807) is 24.3 Å². The molecule has 1 fully saturated rings. The third kappa shape index (κ3) is 3.63. The van der Waals surface area contributed by atoms with Crippen LogP contribution in [0.1, 0.15) is 32.2 Å². The topological polar surface area (TPSA) is 66.6 Å². The molecule has 0 aliphatic carbocycles. The minimum atomic E-state index is -0.181. The van der Waals surface area contributed by atoms with Crippen LogP contribution in [-0.4, -0.2) is 54.3 Å². The van der Waals surface area contributed by atoms with Gasteiger partial charge in [0.05, 0.1) is 11.1 Å². The summed E-state index contributed by atoms with van der Waals surface area (Å²) in [7, 11) is 0. The van der Waals surface area contributed by atoms with Crippen LogP contribution in [0.5, 0.6) is 0 Å². The molecule has 4 rings (SSSR count). The van der Waals surface area contributed by atoms with Crippen LogP contribution in [0.4, 0.5) is 0 Å². The summed E-state index contributed by atoms with van der Waals surface area (Å²) >= 11 is 0. The van der Waals surface area contributed by atoms with Crippen molar-refractivity contribution in [3.8, 4) is 0 Å². The van der Waals surface area contributed by atoms with Crippen LogP contribution in [0.25, 0.3) is 0 Å². The predicted octanol–water partition coefficient (Wildman–Crippen LogP) is 2.38. The Balaban J connectivity index is 0.00000210. The van der Waals surface area contributed by atoms with E-state index in [0.29, 0.717) is 42.6 Å². The van der Waals surface area contributed by atoms with Crippen molar-refractivity contribution < 1.29 is 9.59 Å². The fourth-order valence-electron chi connectivity index (χ4n) is 4.14. The van der Waals surface area contributed by atoms with Gasteiger partial charge in [0.25, 0.3) is 11.8 Å². The fourth-order valence-corrected chi connectivity index (χ4v) is 4.14. The van der Waals surface area contributed by atoms with E-state index in [2.05, 4.69) is 29.2 Å². The molecular weight excluding hydrogens is 362 g/mol. The third-order valence-electron chi connectivity index (χ3n) is 5.57. The van der Waals surface area contributed by atoms with Crippen LogP contribution in [0, 0.1) is 5.92 Å². The first kappa shape index (κ1) is 19.5. The number of carbonyl (C=O) groups excluding carboxylic acids is 2. The third-order valence-corrected chi connectivity index (χ3v) is 5.57. The number of imide groups is 1. The zero-order valence-corrected chi connectivity index (χ0v) is 15.9. The van der Waals surface area contributed by atoms with Crippen molar-refractivity contribution in [2.24, 2.45) is 11.7 Å². The molecule has 0 aromatic heterocycles. The normalized spacial score (nSPS) is 22.0. The van der Waals surface area contributed by atoms with E-state index in [1.807, 2.05) is 6.07 Å². The minimum absolute atomic E-state index is 0. The van der Waals surface area contributed by atoms with E-state index in [0.717, 1.165) is 13.1 Å². The molecule has 2 heterocycles. The Labute approximate surface area is 165 Å². The van der Waals surface area contributed by atoms with Gasteiger partial charge in [0.1, 0.15) is 0 Å². The second-order valence-electron chi connectivity index (χ2n) is 7.08. The van der Waals surface area contributed by atoms with E-state index in [9.17, 15) is 9.59 Å². The second kappa shape index (κ2) is 8.21. The molecule has 6 heteroatoms. The van der Waals surface area contributed by atoms with Gasteiger partial charge < -0.3 is 10.6 Å². The van der Waals surface area contributed by atoms with Gasteiger partial charge in [0.15, 0.2) is 0 Å². The van der Waals surface area contributed by atoms with Crippen LogP contribution in [0.2, 0.25) is 0 Å². The molecule has 2 atom stereocenters. The maximum Gasteiger partial charge on any atom is 0.261 e. The number of benzene rings is 2. The van der Waals surface area contributed by atoms with Crippen molar-refractivity contribution in [3.05, 3.63) is 71.3 Å². The average Bonchev–Trinajstić information content (AvgIpc) is 3.21. The first-order chi connectivity index (χ1) is 12.7. The number of amides is 2. The van der Waals surface area contributed by atoms with Crippen molar-refractivity contribution in [1.82, 2.24) is 9.80 Å². The zero-order chi connectivity index (χ0) is 18.1. The van der Waals surface area contributed by atoms with Gasteiger partial charge in [-0.15, -0.1) is 12.4 Å². The summed E-state index contributed by atoms with van der Waals surface area (Å²) in [6.07, 6.45) is 0. The summed E-state index contributed by atoms with van der Waals surface area (Å²) in [5.74, 6) is 0.447. The maximum atomic E-state index is 12.5. The smallest absolute Gasteiger partial charge is 0.261 e. The summed E-state index contributed by atoms with van der Waals surface area (Å²) in [5.41, 5.74) is 8.34.